The first kappa shape index (κ1) is 12.8. The van der Waals surface area contributed by atoms with Gasteiger partial charge < -0.3 is 9.84 Å². The number of nitro benzene ring substituents is 1. The summed E-state index contributed by atoms with van der Waals surface area (Å²) in [5.41, 5.74) is 0.860. The molecule has 0 heterocycles. The number of nitro groups is 1. The van der Waals surface area contributed by atoms with Crippen LogP contribution in [-0.4, -0.2) is 22.2 Å². The minimum atomic E-state index is -0.475. The van der Waals surface area contributed by atoms with Crippen molar-refractivity contribution >= 4 is 5.69 Å². The summed E-state index contributed by atoms with van der Waals surface area (Å²) < 4.78 is 5.73. The maximum atomic E-state index is 10.7. The monoisotopic (exact) mass is 251 g/mol. The molecule has 1 aromatic carbocycles. The zero-order valence-corrected chi connectivity index (χ0v) is 10.3. The Labute approximate surface area is 106 Å². The van der Waals surface area contributed by atoms with Crippen molar-refractivity contribution in [1.29, 1.82) is 0 Å². The van der Waals surface area contributed by atoms with Crippen molar-refractivity contribution in [2.45, 2.75) is 44.8 Å². The predicted octanol–water partition coefficient (Wildman–Crippen LogP) is 2.59. The van der Waals surface area contributed by atoms with E-state index in [0.717, 1.165) is 31.2 Å². The molecule has 0 aliphatic heterocycles. The Morgan fingerprint density at radius 1 is 1.39 bits per heavy atom. The highest BCUT2D eigenvalue weighted by Gasteiger charge is 2.25. The van der Waals surface area contributed by atoms with Crippen molar-refractivity contribution in [3.8, 4) is 5.75 Å². The Morgan fingerprint density at radius 3 is 2.78 bits per heavy atom. The number of hydrogen-bond acceptors (Lipinski definition) is 4. The summed E-state index contributed by atoms with van der Waals surface area (Å²) in [6.07, 6.45) is 2.84. The van der Waals surface area contributed by atoms with Crippen LogP contribution in [0, 0.1) is 17.0 Å². The number of benzene rings is 1. The van der Waals surface area contributed by atoms with Crippen molar-refractivity contribution in [1.82, 2.24) is 0 Å². The van der Waals surface area contributed by atoms with Gasteiger partial charge in [0.05, 0.1) is 17.1 Å². The third-order valence-corrected chi connectivity index (χ3v) is 3.33. The molecule has 18 heavy (non-hydrogen) atoms. The Hall–Kier alpha value is -1.62. The fourth-order valence-corrected chi connectivity index (χ4v) is 2.21. The lowest BCUT2D eigenvalue weighted by atomic mass is 9.95. The number of ether oxygens (including phenoxy) is 1. The van der Waals surface area contributed by atoms with Gasteiger partial charge in [0.25, 0.3) is 5.69 Å². The topological polar surface area (TPSA) is 72.6 Å². The van der Waals surface area contributed by atoms with Crippen LogP contribution in [0.2, 0.25) is 0 Å². The van der Waals surface area contributed by atoms with E-state index in [-0.39, 0.29) is 11.8 Å². The summed E-state index contributed by atoms with van der Waals surface area (Å²) in [5.74, 6) is 0.496. The van der Waals surface area contributed by atoms with Crippen molar-refractivity contribution in [2.24, 2.45) is 0 Å². The fourth-order valence-electron chi connectivity index (χ4n) is 2.21. The molecule has 1 N–H and O–H groups in total. The van der Waals surface area contributed by atoms with E-state index in [2.05, 4.69) is 0 Å². The van der Waals surface area contributed by atoms with Gasteiger partial charge in [-0.05, 0) is 37.8 Å². The lowest BCUT2D eigenvalue weighted by molar-refractivity contribution is -0.385. The Bertz CT molecular complexity index is 447. The van der Waals surface area contributed by atoms with Crippen molar-refractivity contribution in [2.75, 3.05) is 0 Å². The number of rotatable bonds is 3. The highest BCUT2D eigenvalue weighted by atomic mass is 16.6. The van der Waals surface area contributed by atoms with E-state index in [9.17, 15) is 15.2 Å². The van der Waals surface area contributed by atoms with E-state index < -0.39 is 11.0 Å². The lowest BCUT2D eigenvalue weighted by Gasteiger charge is -2.28. The second-order valence-corrected chi connectivity index (χ2v) is 4.72. The summed E-state index contributed by atoms with van der Waals surface area (Å²) in [4.78, 5) is 10.3. The number of non-ortho nitro benzene ring substituents is 1. The fraction of sp³-hybridized carbons (Fsp3) is 0.538. The second kappa shape index (κ2) is 5.35. The summed E-state index contributed by atoms with van der Waals surface area (Å²) in [6.45, 7) is 1.84. The largest absolute Gasteiger partial charge is 0.487 e. The molecule has 1 aromatic rings. The first-order valence-electron chi connectivity index (χ1n) is 6.17. The van der Waals surface area contributed by atoms with Gasteiger partial charge in [0, 0.05) is 6.07 Å². The number of aryl methyl sites for hydroxylation is 1. The van der Waals surface area contributed by atoms with Crippen LogP contribution >= 0.6 is 0 Å². The van der Waals surface area contributed by atoms with Crippen molar-refractivity contribution in [3.63, 3.8) is 0 Å². The van der Waals surface area contributed by atoms with Gasteiger partial charge in [-0.15, -0.1) is 0 Å². The molecule has 5 heteroatoms. The minimum Gasteiger partial charge on any atom is -0.487 e. The number of aliphatic hydroxyl groups is 1. The van der Waals surface area contributed by atoms with Crippen LogP contribution in [0.25, 0.3) is 0 Å². The first-order valence-corrected chi connectivity index (χ1v) is 6.17. The van der Waals surface area contributed by atoms with Gasteiger partial charge in [-0.2, -0.15) is 0 Å². The molecular formula is C13H17NO4. The molecule has 1 aliphatic carbocycles. The van der Waals surface area contributed by atoms with Gasteiger partial charge in [-0.1, -0.05) is 6.42 Å². The van der Waals surface area contributed by atoms with Crippen molar-refractivity contribution < 1.29 is 14.8 Å². The highest BCUT2D eigenvalue weighted by Crippen LogP contribution is 2.29. The highest BCUT2D eigenvalue weighted by molar-refractivity contribution is 5.43. The predicted molar refractivity (Wildman–Crippen MR) is 66.7 cm³/mol. The molecule has 98 valence electrons. The van der Waals surface area contributed by atoms with Crippen LogP contribution in [-0.2, 0) is 0 Å². The molecule has 2 atom stereocenters. The minimum absolute atomic E-state index is 0.0147. The SMILES string of the molecule is Cc1ccc([N+](=O)[O-])cc1OC1CCCCC1O. The van der Waals surface area contributed by atoms with E-state index in [0.29, 0.717) is 5.75 Å². The summed E-state index contributed by atoms with van der Waals surface area (Å²) in [6, 6.07) is 4.55. The Balaban J connectivity index is 2.17. The van der Waals surface area contributed by atoms with Crippen LogP contribution in [0.4, 0.5) is 5.69 Å². The molecular weight excluding hydrogens is 234 g/mol. The molecule has 0 spiro atoms. The van der Waals surface area contributed by atoms with Gasteiger partial charge >= 0.3 is 0 Å². The molecule has 1 aliphatic rings. The third-order valence-electron chi connectivity index (χ3n) is 3.33. The zero-order valence-electron chi connectivity index (χ0n) is 10.3. The van der Waals surface area contributed by atoms with Gasteiger partial charge in [0.2, 0.25) is 0 Å². The average Bonchev–Trinajstić information content (AvgIpc) is 2.34. The van der Waals surface area contributed by atoms with Crippen LogP contribution in [0.15, 0.2) is 18.2 Å². The van der Waals surface area contributed by atoms with Crippen molar-refractivity contribution in [3.05, 3.63) is 33.9 Å². The number of aliphatic hydroxyl groups excluding tert-OH is 1. The lowest BCUT2D eigenvalue weighted by Crippen LogP contribution is -2.34. The summed E-state index contributed by atoms with van der Waals surface area (Å²) in [7, 11) is 0. The quantitative estimate of drug-likeness (QED) is 0.662. The normalized spacial score (nSPS) is 23.7. The standard InChI is InChI=1S/C13H17NO4/c1-9-6-7-10(14(16)17)8-13(9)18-12-5-3-2-4-11(12)15/h6-8,11-12,15H,2-5H2,1H3. The molecule has 0 amide bonds. The molecule has 2 rings (SSSR count). The molecule has 1 fully saturated rings. The molecule has 1 saturated carbocycles. The molecule has 0 radical (unpaired) electrons. The van der Waals surface area contributed by atoms with E-state index in [1.165, 1.54) is 12.1 Å². The van der Waals surface area contributed by atoms with Crippen LogP contribution in [0.5, 0.6) is 5.75 Å². The van der Waals surface area contributed by atoms with E-state index in [4.69, 9.17) is 4.74 Å². The van der Waals surface area contributed by atoms with Gasteiger partial charge in [0.15, 0.2) is 0 Å². The molecule has 2 unspecified atom stereocenters. The number of hydrogen-bond donors (Lipinski definition) is 1. The second-order valence-electron chi connectivity index (χ2n) is 4.72. The van der Waals surface area contributed by atoms with E-state index in [1.807, 2.05) is 6.92 Å². The number of nitrogens with zero attached hydrogens (tertiary/aromatic N) is 1. The van der Waals surface area contributed by atoms with E-state index >= 15 is 0 Å². The molecule has 0 bridgehead atoms. The molecule has 0 saturated heterocycles. The van der Waals surface area contributed by atoms with Gasteiger partial charge in [-0.25, -0.2) is 0 Å². The molecule has 0 aromatic heterocycles. The first-order chi connectivity index (χ1) is 8.58. The van der Waals surface area contributed by atoms with Gasteiger partial charge in [0.1, 0.15) is 11.9 Å². The Morgan fingerprint density at radius 2 is 2.11 bits per heavy atom. The zero-order chi connectivity index (χ0) is 13.1. The summed E-state index contributed by atoms with van der Waals surface area (Å²) in [5, 5.41) is 20.6. The van der Waals surface area contributed by atoms with Crippen LogP contribution in [0.3, 0.4) is 0 Å². The smallest absolute Gasteiger partial charge is 0.273 e. The molecule has 5 nitrogen and oxygen atoms in total. The van der Waals surface area contributed by atoms with E-state index in [1.54, 1.807) is 6.07 Å². The third kappa shape index (κ3) is 2.79. The summed E-state index contributed by atoms with van der Waals surface area (Å²) >= 11 is 0. The van der Waals surface area contributed by atoms with Crippen LogP contribution < -0.4 is 4.74 Å². The van der Waals surface area contributed by atoms with Gasteiger partial charge in [-0.3, -0.25) is 10.1 Å². The average molecular weight is 251 g/mol. The maximum Gasteiger partial charge on any atom is 0.273 e. The van der Waals surface area contributed by atoms with Crippen LogP contribution in [0.1, 0.15) is 31.2 Å². The Kier molecular flexibility index (Phi) is 3.81. The maximum absolute atomic E-state index is 10.7.